The van der Waals surface area contributed by atoms with Gasteiger partial charge >= 0.3 is 0 Å². The van der Waals surface area contributed by atoms with E-state index in [1.165, 1.54) is 30.5 Å². The molecule has 0 amide bonds. The molecule has 1 aliphatic carbocycles. The van der Waals surface area contributed by atoms with Crippen LogP contribution in [0.5, 0.6) is 0 Å². The average Bonchev–Trinajstić information content (AvgIpc) is 3.48. The molecule has 6 heteroatoms. The minimum atomic E-state index is -1.04. The molecule has 2 atom stereocenters. The van der Waals surface area contributed by atoms with Crippen molar-refractivity contribution >= 4 is 12.2 Å². The Kier molecular flexibility index (Phi) is 5.17. The molecule has 1 fully saturated rings. The van der Waals surface area contributed by atoms with Crippen LogP contribution in [0.15, 0.2) is 52.4 Å². The molecule has 1 saturated carbocycles. The molecule has 0 saturated heterocycles. The summed E-state index contributed by atoms with van der Waals surface area (Å²) in [6.45, 7) is 1.82. The number of carbonyl (C=O) groups is 1. The Bertz CT molecular complexity index is 897. The molecule has 1 aliphatic rings. The van der Waals surface area contributed by atoms with Crippen LogP contribution in [-0.2, 0) is 10.3 Å². The summed E-state index contributed by atoms with van der Waals surface area (Å²) in [5.41, 5.74) is 7.58. The molecular weight excluding hydrogens is 340 g/mol. The van der Waals surface area contributed by atoms with Crippen molar-refractivity contribution in [1.29, 1.82) is 0 Å². The molecule has 6 nitrogen and oxygen atoms in total. The highest BCUT2D eigenvalue weighted by atomic mass is 16.1. The highest BCUT2D eigenvalue weighted by molar-refractivity contribution is 5.79. The van der Waals surface area contributed by atoms with Crippen molar-refractivity contribution in [1.82, 2.24) is 9.88 Å². The van der Waals surface area contributed by atoms with Crippen molar-refractivity contribution in [2.75, 3.05) is 14.1 Å². The number of hydrogen-bond donors (Lipinski definition) is 2. The van der Waals surface area contributed by atoms with Gasteiger partial charge in [-0.2, -0.15) is 0 Å². The van der Waals surface area contributed by atoms with Gasteiger partial charge in [0.2, 0.25) is 0 Å². The van der Waals surface area contributed by atoms with E-state index in [4.69, 9.17) is 5.73 Å². The van der Waals surface area contributed by atoms with Gasteiger partial charge in [0.15, 0.2) is 11.4 Å². The summed E-state index contributed by atoms with van der Waals surface area (Å²) >= 11 is 0. The maximum absolute atomic E-state index is 12.2. The summed E-state index contributed by atoms with van der Waals surface area (Å²) in [5, 5.41) is 0. The van der Waals surface area contributed by atoms with Gasteiger partial charge in [-0.05, 0) is 36.8 Å². The molecule has 1 aromatic carbocycles. The molecule has 3 rings (SSSR count). The van der Waals surface area contributed by atoms with Crippen LogP contribution in [-0.4, -0.2) is 36.2 Å². The van der Waals surface area contributed by atoms with Crippen molar-refractivity contribution in [3.63, 3.8) is 0 Å². The van der Waals surface area contributed by atoms with E-state index in [9.17, 15) is 9.59 Å². The number of nitrogens with one attached hydrogen (secondary N) is 1. The summed E-state index contributed by atoms with van der Waals surface area (Å²) in [7, 11) is 3.57. The van der Waals surface area contributed by atoms with Crippen molar-refractivity contribution in [3.05, 3.63) is 69.6 Å². The number of benzene rings is 1. The summed E-state index contributed by atoms with van der Waals surface area (Å²) in [5.74, 6) is 0.332. The van der Waals surface area contributed by atoms with Gasteiger partial charge in [-0.3, -0.25) is 4.79 Å². The van der Waals surface area contributed by atoms with Gasteiger partial charge in [-0.25, -0.2) is 4.99 Å². The van der Waals surface area contributed by atoms with Crippen LogP contribution in [0.4, 0.5) is 0 Å². The third-order valence-corrected chi connectivity index (χ3v) is 5.21. The summed E-state index contributed by atoms with van der Waals surface area (Å²) in [6, 6.07) is 11.0. The predicted octanol–water partition coefficient (Wildman–Crippen LogP) is 2.33. The SMILES string of the molecule is CN(C)C(N)=NC(C)(c1cc(=O)cc[nH]1)C(C=O)c1ccc(C2CC2)cc1. The van der Waals surface area contributed by atoms with Gasteiger partial charge in [0, 0.05) is 38.1 Å². The lowest BCUT2D eigenvalue weighted by molar-refractivity contribution is -0.110. The van der Waals surface area contributed by atoms with Crippen molar-refractivity contribution < 1.29 is 4.79 Å². The number of aliphatic imine (C=N–C) groups is 1. The number of carbonyl (C=O) groups excluding carboxylic acids is 1. The van der Waals surface area contributed by atoms with Gasteiger partial charge in [-0.1, -0.05) is 24.3 Å². The quantitative estimate of drug-likeness (QED) is 0.466. The van der Waals surface area contributed by atoms with Crippen molar-refractivity contribution in [2.24, 2.45) is 10.7 Å². The minimum absolute atomic E-state index is 0.151. The molecule has 0 bridgehead atoms. The number of rotatable bonds is 6. The first-order chi connectivity index (χ1) is 12.8. The third-order valence-electron chi connectivity index (χ3n) is 5.21. The Labute approximate surface area is 159 Å². The van der Waals surface area contributed by atoms with E-state index in [1.807, 2.05) is 19.1 Å². The number of pyridine rings is 1. The average molecular weight is 366 g/mol. The highest BCUT2D eigenvalue weighted by Crippen LogP contribution is 2.42. The highest BCUT2D eigenvalue weighted by Gasteiger charge is 2.39. The molecular formula is C21H26N4O2. The van der Waals surface area contributed by atoms with Crippen LogP contribution >= 0.6 is 0 Å². The van der Waals surface area contributed by atoms with Crippen LogP contribution in [0.1, 0.15) is 48.4 Å². The zero-order valence-corrected chi connectivity index (χ0v) is 16.0. The first-order valence-corrected chi connectivity index (χ1v) is 9.12. The van der Waals surface area contributed by atoms with E-state index >= 15 is 0 Å². The Morgan fingerprint density at radius 2 is 1.96 bits per heavy atom. The Morgan fingerprint density at radius 1 is 1.30 bits per heavy atom. The second-order valence-corrected chi connectivity index (χ2v) is 7.50. The number of H-pyrrole nitrogens is 1. The molecule has 0 aliphatic heterocycles. The molecule has 0 spiro atoms. The number of guanidine groups is 1. The zero-order chi connectivity index (χ0) is 19.6. The van der Waals surface area contributed by atoms with Gasteiger partial charge in [0.05, 0.1) is 5.92 Å². The van der Waals surface area contributed by atoms with E-state index in [2.05, 4.69) is 22.1 Å². The van der Waals surface area contributed by atoms with Crippen LogP contribution in [0.2, 0.25) is 0 Å². The fourth-order valence-corrected chi connectivity index (χ4v) is 3.30. The van der Waals surface area contributed by atoms with Crippen molar-refractivity contribution in [3.8, 4) is 0 Å². The molecule has 1 aromatic heterocycles. The minimum Gasteiger partial charge on any atom is -0.370 e. The lowest BCUT2D eigenvalue weighted by Crippen LogP contribution is -2.38. The molecule has 3 N–H and O–H groups in total. The van der Waals surface area contributed by atoms with Gasteiger partial charge in [0.1, 0.15) is 11.8 Å². The van der Waals surface area contributed by atoms with Crippen LogP contribution in [0.25, 0.3) is 0 Å². The van der Waals surface area contributed by atoms with Crippen LogP contribution in [0.3, 0.4) is 0 Å². The topological polar surface area (TPSA) is 91.5 Å². The third kappa shape index (κ3) is 3.94. The molecule has 142 valence electrons. The Hall–Kier alpha value is -2.89. The number of nitrogens with two attached hydrogens (primary N) is 1. The molecule has 0 radical (unpaired) electrons. The van der Waals surface area contributed by atoms with Gasteiger partial charge in [0.25, 0.3) is 0 Å². The summed E-state index contributed by atoms with van der Waals surface area (Å²) in [4.78, 5) is 33.5. The fraction of sp³-hybridized carbons (Fsp3) is 0.381. The number of nitrogens with zero attached hydrogens (tertiary/aromatic N) is 2. The normalized spacial score (nSPS) is 17.8. The molecule has 2 unspecified atom stereocenters. The second-order valence-electron chi connectivity index (χ2n) is 7.50. The molecule has 27 heavy (non-hydrogen) atoms. The maximum atomic E-state index is 12.2. The van der Waals surface area contributed by atoms with Crippen molar-refractivity contribution in [2.45, 2.75) is 37.1 Å². The predicted molar refractivity (Wildman–Crippen MR) is 107 cm³/mol. The lowest BCUT2D eigenvalue weighted by atomic mass is 9.79. The lowest BCUT2D eigenvalue weighted by Gasteiger charge is -2.32. The zero-order valence-electron chi connectivity index (χ0n) is 16.0. The molecule has 2 aromatic rings. The van der Waals surface area contributed by atoms with E-state index in [0.29, 0.717) is 11.6 Å². The fourth-order valence-electron chi connectivity index (χ4n) is 3.30. The number of aldehydes is 1. The number of aromatic amines is 1. The first kappa shape index (κ1) is 18.9. The van der Waals surface area contributed by atoms with E-state index < -0.39 is 11.5 Å². The maximum Gasteiger partial charge on any atom is 0.191 e. The number of aromatic nitrogens is 1. The van der Waals surface area contributed by atoms with Crippen LogP contribution < -0.4 is 11.2 Å². The van der Waals surface area contributed by atoms with E-state index in [-0.39, 0.29) is 11.4 Å². The first-order valence-electron chi connectivity index (χ1n) is 9.12. The Morgan fingerprint density at radius 3 is 2.48 bits per heavy atom. The van der Waals surface area contributed by atoms with E-state index in [1.54, 1.807) is 25.2 Å². The smallest absolute Gasteiger partial charge is 0.191 e. The van der Waals surface area contributed by atoms with Gasteiger partial charge in [-0.15, -0.1) is 0 Å². The Balaban J connectivity index is 2.10. The monoisotopic (exact) mass is 366 g/mol. The molecule has 1 heterocycles. The van der Waals surface area contributed by atoms with E-state index in [0.717, 1.165) is 11.8 Å². The van der Waals surface area contributed by atoms with Crippen LogP contribution in [0, 0.1) is 0 Å². The second kappa shape index (κ2) is 7.39. The summed E-state index contributed by atoms with van der Waals surface area (Å²) < 4.78 is 0. The standard InChI is InChI=1S/C21H26N4O2/c1-21(24-20(22)25(2)3,19-12-17(27)10-11-23-19)18(13-26)16-8-6-15(7-9-16)14-4-5-14/h6-14,18H,4-5H2,1-3H3,(H2,22,24)(H,23,27). The summed E-state index contributed by atoms with van der Waals surface area (Å²) in [6.07, 6.45) is 4.89. The van der Waals surface area contributed by atoms with Gasteiger partial charge < -0.3 is 20.4 Å². The largest absolute Gasteiger partial charge is 0.370 e. The number of hydrogen-bond acceptors (Lipinski definition) is 3.